The summed E-state index contributed by atoms with van der Waals surface area (Å²) in [5, 5.41) is 3.55. The normalized spacial score (nSPS) is 10.5. The van der Waals surface area contributed by atoms with Crippen molar-refractivity contribution in [2.24, 2.45) is 0 Å². The topological polar surface area (TPSA) is 64.6 Å². The van der Waals surface area contributed by atoms with E-state index in [2.05, 4.69) is 5.32 Å². The quantitative estimate of drug-likeness (QED) is 0.696. The molecular formula is C18H14ClNO4S. The van der Waals surface area contributed by atoms with E-state index in [0.29, 0.717) is 15.6 Å². The highest BCUT2D eigenvalue weighted by Gasteiger charge is 2.19. The van der Waals surface area contributed by atoms with Gasteiger partial charge in [0.2, 0.25) is 0 Å². The number of fused-ring (bicyclic) bond motifs is 1. The molecule has 0 bridgehead atoms. The largest absolute Gasteiger partial charge is 0.497 e. The first-order chi connectivity index (χ1) is 12.0. The van der Waals surface area contributed by atoms with Crippen molar-refractivity contribution in [3.8, 4) is 11.5 Å². The smallest absolute Gasteiger partial charge is 0.268 e. The minimum Gasteiger partial charge on any atom is -0.497 e. The Morgan fingerprint density at radius 1 is 1.04 bits per heavy atom. The number of nitrogens with one attached hydrogen (secondary N) is 1. The third-order valence-corrected chi connectivity index (χ3v) is 5.00. The van der Waals surface area contributed by atoms with Crippen LogP contribution in [0.1, 0.15) is 20.0 Å². The van der Waals surface area contributed by atoms with E-state index in [4.69, 9.17) is 21.1 Å². The molecule has 3 rings (SSSR count). The highest BCUT2D eigenvalue weighted by Crippen LogP contribution is 2.30. The Hall–Kier alpha value is -2.57. The molecule has 128 valence electrons. The van der Waals surface area contributed by atoms with Crippen LogP contribution in [-0.4, -0.2) is 26.0 Å². The summed E-state index contributed by atoms with van der Waals surface area (Å²) in [6.07, 6.45) is 0. The molecule has 0 aliphatic heterocycles. The van der Waals surface area contributed by atoms with Crippen LogP contribution in [0.5, 0.6) is 11.5 Å². The summed E-state index contributed by atoms with van der Waals surface area (Å²) in [4.78, 5) is 25.2. The third-order valence-electron chi connectivity index (χ3n) is 3.59. The standard InChI is InChI=1S/C18H14ClNO4S/c1-23-11-6-7-14-10(8-11)9-15(25-14)18(22)20-17(21)12-4-3-5-13(19)16(12)24-2/h3-9H,1-2H3,(H,20,21,22). The Morgan fingerprint density at radius 2 is 1.84 bits per heavy atom. The van der Waals surface area contributed by atoms with E-state index in [0.717, 1.165) is 10.1 Å². The number of rotatable bonds is 4. The minimum absolute atomic E-state index is 0.200. The first kappa shape index (κ1) is 17.3. The van der Waals surface area contributed by atoms with Gasteiger partial charge >= 0.3 is 0 Å². The first-order valence-electron chi connectivity index (χ1n) is 7.29. The number of amides is 2. The molecule has 0 spiro atoms. The molecule has 0 fully saturated rings. The second-order valence-corrected chi connectivity index (χ2v) is 6.61. The van der Waals surface area contributed by atoms with Gasteiger partial charge < -0.3 is 9.47 Å². The van der Waals surface area contributed by atoms with Gasteiger partial charge in [0, 0.05) is 4.70 Å². The maximum absolute atomic E-state index is 12.4. The fourth-order valence-electron chi connectivity index (χ4n) is 2.39. The van der Waals surface area contributed by atoms with Crippen LogP contribution in [0.2, 0.25) is 5.02 Å². The van der Waals surface area contributed by atoms with Gasteiger partial charge in [0.05, 0.1) is 29.7 Å². The van der Waals surface area contributed by atoms with E-state index >= 15 is 0 Å². The van der Waals surface area contributed by atoms with Crippen molar-refractivity contribution in [3.63, 3.8) is 0 Å². The summed E-state index contributed by atoms with van der Waals surface area (Å²) in [6.45, 7) is 0. The molecular weight excluding hydrogens is 362 g/mol. The molecule has 5 nitrogen and oxygen atoms in total. The Kier molecular flexibility index (Phi) is 4.92. The predicted octanol–water partition coefficient (Wildman–Crippen LogP) is 4.14. The van der Waals surface area contributed by atoms with E-state index in [-0.39, 0.29) is 11.3 Å². The SMILES string of the molecule is COc1ccc2sc(C(=O)NC(=O)c3cccc(Cl)c3OC)cc2c1. The van der Waals surface area contributed by atoms with Crippen molar-refractivity contribution in [2.75, 3.05) is 14.2 Å². The van der Waals surface area contributed by atoms with Crippen LogP contribution in [0, 0.1) is 0 Å². The molecule has 7 heteroatoms. The van der Waals surface area contributed by atoms with Crippen molar-refractivity contribution < 1.29 is 19.1 Å². The number of benzene rings is 2. The van der Waals surface area contributed by atoms with Gasteiger partial charge in [-0.1, -0.05) is 17.7 Å². The second kappa shape index (κ2) is 7.13. The molecule has 0 saturated heterocycles. The number of methoxy groups -OCH3 is 2. The molecule has 0 aliphatic carbocycles. The minimum atomic E-state index is -0.570. The molecule has 1 aromatic heterocycles. The summed E-state index contributed by atoms with van der Waals surface area (Å²) in [7, 11) is 3.00. The van der Waals surface area contributed by atoms with Crippen LogP contribution in [-0.2, 0) is 0 Å². The fraction of sp³-hybridized carbons (Fsp3) is 0.111. The number of para-hydroxylation sites is 1. The molecule has 0 saturated carbocycles. The highest BCUT2D eigenvalue weighted by molar-refractivity contribution is 7.20. The lowest BCUT2D eigenvalue weighted by molar-refractivity contribution is 0.0850. The van der Waals surface area contributed by atoms with Crippen molar-refractivity contribution in [1.29, 1.82) is 0 Å². The summed E-state index contributed by atoms with van der Waals surface area (Å²) in [5.41, 5.74) is 0.200. The summed E-state index contributed by atoms with van der Waals surface area (Å²) >= 11 is 7.31. The van der Waals surface area contributed by atoms with E-state index in [9.17, 15) is 9.59 Å². The zero-order chi connectivity index (χ0) is 18.0. The molecule has 0 atom stereocenters. The Bertz CT molecular complexity index is 967. The van der Waals surface area contributed by atoms with Crippen molar-refractivity contribution in [2.45, 2.75) is 0 Å². The van der Waals surface area contributed by atoms with Gasteiger partial charge in [-0.25, -0.2) is 0 Å². The molecule has 0 unspecified atom stereocenters. The predicted molar refractivity (Wildman–Crippen MR) is 98.2 cm³/mol. The Balaban J connectivity index is 1.85. The molecule has 3 aromatic rings. The summed E-state index contributed by atoms with van der Waals surface area (Å²) in [6, 6.07) is 12.0. The van der Waals surface area contributed by atoms with Gasteiger partial charge in [-0.15, -0.1) is 11.3 Å². The highest BCUT2D eigenvalue weighted by atomic mass is 35.5. The number of carbonyl (C=O) groups excluding carboxylic acids is 2. The maximum atomic E-state index is 12.4. The van der Waals surface area contributed by atoms with E-state index in [1.54, 1.807) is 31.4 Å². The number of hydrogen-bond donors (Lipinski definition) is 1. The molecule has 0 aliphatic rings. The monoisotopic (exact) mass is 375 g/mol. The van der Waals surface area contributed by atoms with Gasteiger partial charge in [-0.05, 0) is 41.8 Å². The van der Waals surface area contributed by atoms with E-state index in [1.165, 1.54) is 18.4 Å². The van der Waals surface area contributed by atoms with Crippen molar-refractivity contribution in [1.82, 2.24) is 5.32 Å². The average Bonchev–Trinajstić information content (AvgIpc) is 3.04. The van der Waals surface area contributed by atoms with Crippen LogP contribution in [0.3, 0.4) is 0 Å². The number of imide groups is 1. The lowest BCUT2D eigenvalue weighted by atomic mass is 10.2. The van der Waals surface area contributed by atoms with Crippen molar-refractivity contribution >= 4 is 44.8 Å². The zero-order valence-corrected chi connectivity index (χ0v) is 15.0. The number of ether oxygens (including phenoxy) is 2. The third kappa shape index (κ3) is 3.45. The van der Waals surface area contributed by atoms with Crippen molar-refractivity contribution in [3.05, 3.63) is 57.9 Å². The number of carbonyl (C=O) groups is 2. The van der Waals surface area contributed by atoms with Crippen LogP contribution in [0.4, 0.5) is 0 Å². The second-order valence-electron chi connectivity index (χ2n) is 5.12. The van der Waals surface area contributed by atoms with Gasteiger partial charge in [0.15, 0.2) is 0 Å². The lowest BCUT2D eigenvalue weighted by Crippen LogP contribution is -2.30. The average molecular weight is 376 g/mol. The van der Waals surface area contributed by atoms with E-state index in [1.807, 2.05) is 18.2 Å². The van der Waals surface area contributed by atoms with Crippen LogP contribution in [0.25, 0.3) is 10.1 Å². The maximum Gasteiger partial charge on any atom is 0.268 e. The number of thiophene rings is 1. The van der Waals surface area contributed by atoms with Gasteiger partial charge in [0.25, 0.3) is 11.8 Å². The van der Waals surface area contributed by atoms with Crippen LogP contribution >= 0.6 is 22.9 Å². The van der Waals surface area contributed by atoms with Gasteiger partial charge in [-0.3, -0.25) is 14.9 Å². The molecule has 2 amide bonds. The Morgan fingerprint density at radius 3 is 2.56 bits per heavy atom. The number of halogens is 1. The molecule has 1 heterocycles. The van der Waals surface area contributed by atoms with E-state index < -0.39 is 11.8 Å². The van der Waals surface area contributed by atoms with Crippen LogP contribution in [0.15, 0.2) is 42.5 Å². The zero-order valence-electron chi connectivity index (χ0n) is 13.5. The van der Waals surface area contributed by atoms with Gasteiger partial charge in [-0.2, -0.15) is 0 Å². The molecule has 25 heavy (non-hydrogen) atoms. The Labute approximate surface area is 153 Å². The molecule has 2 aromatic carbocycles. The molecule has 1 N–H and O–H groups in total. The summed E-state index contributed by atoms with van der Waals surface area (Å²) in [5.74, 6) is -0.112. The first-order valence-corrected chi connectivity index (χ1v) is 8.48. The summed E-state index contributed by atoms with van der Waals surface area (Å²) < 4.78 is 11.2. The van der Waals surface area contributed by atoms with Crippen LogP contribution < -0.4 is 14.8 Å². The lowest BCUT2D eigenvalue weighted by Gasteiger charge is -2.09. The van der Waals surface area contributed by atoms with Gasteiger partial charge in [0.1, 0.15) is 11.5 Å². The fourth-order valence-corrected chi connectivity index (χ4v) is 3.58. The molecule has 0 radical (unpaired) electrons. The number of hydrogen-bond acceptors (Lipinski definition) is 5.